The number of hydrogen-bond donors (Lipinski definition) is 0. The predicted octanol–water partition coefficient (Wildman–Crippen LogP) is 4.45. The van der Waals surface area contributed by atoms with Crippen molar-refractivity contribution in [2.45, 2.75) is 38.4 Å². The van der Waals surface area contributed by atoms with E-state index in [0.717, 1.165) is 24.3 Å². The first kappa shape index (κ1) is 15.4. The van der Waals surface area contributed by atoms with E-state index in [4.69, 9.17) is 9.47 Å². The van der Waals surface area contributed by atoms with Gasteiger partial charge in [0.2, 0.25) is 0 Å². The Bertz CT molecular complexity index is 383. The highest BCUT2D eigenvalue weighted by molar-refractivity contribution is 9.09. The first-order chi connectivity index (χ1) is 8.38. The van der Waals surface area contributed by atoms with Gasteiger partial charge in [-0.15, -0.1) is 0 Å². The van der Waals surface area contributed by atoms with Crippen molar-refractivity contribution in [3.63, 3.8) is 0 Å². The van der Waals surface area contributed by atoms with E-state index >= 15 is 0 Å². The van der Waals surface area contributed by atoms with Crippen LogP contribution in [0.15, 0.2) is 18.2 Å². The van der Waals surface area contributed by atoms with Gasteiger partial charge in [0, 0.05) is 4.83 Å². The van der Waals surface area contributed by atoms with Crippen molar-refractivity contribution < 1.29 is 9.47 Å². The Balaban J connectivity index is 2.77. The summed E-state index contributed by atoms with van der Waals surface area (Å²) in [7, 11) is 3.40. The fourth-order valence-electron chi connectivity index (χ4n) is 1.79. The molecular weight excluding hydrogens is 292 g/mol. The van der Waals surface area contributed by atoms with Gasteiger partial charge in [0.05, 0.1) is 14.2 Å². The molecule has 0 spiro atoms. The van der Waals surface area contributed by atoms with Crippen LogP contribution in [0.1, 0.15) is 32.8 Å². The minimum Gasteiger partial charge on any atom is -0.497 e. The highest BCUT2D eigenvalue weighted by Crippen LogP contribution is 2.32. The lowest BCUT2D eigenvalue weighted by molar-refractivity contribution is 0.378. The molecule has 1 unspecified atom stereocenters. The molecule has 102 valence electrons. The van der Waals surface area contributed by atoms with Crippen LogP contribution >= 0.6 is 15.9 Å². The third kappa shape index (κ3) is 4.20. The first-order valence-corrected chi connectivity index (χ1v) is 7.15. The van der Waals surface area contributed by atoms with Gasteiger partial charge in [-0.25, -0.2) is 0 Å². The summed E-state index contributed by atoms with van der Waals surface area (Å²) in [6, 6.07) is 5.95. The second-order valence-electron chi connectivity index (χ2n) is 5.55. The van der Waals surface area contributed by atoms with Crippen LogP contribution in [0.25, 0.3) is 0 Å². The molecule has 18 heavy (non-hydrogen) atoms. The monoisotopic (exact) mass is 314 g/mol. The van der Waals surface area contributed by atoms with E-state index in [2.05, 4.69) is 42.8 Å². The van der Waals surface area contributed by atoms with E-state index < -0.39 is 0 Å². The quantitative estimate of drug-likeness (QED) is 0.748. The molecule has 1 rings (SSSR count). The fourth-order valence-corrected chi connectivity index (χ4v) is 2.02. The summed E-state index contributed by atoms with van der Waals surface area (Å²) >= 11 is 3.77. The zero-order chi connectivity index (χ0) is 13.8. The third-order valence-electron chi connectivity index (χ3n) is 3.09. The number of ether oxygens (including phenoxy) is 2. The number of benzene rings is 1. The number of methoxy groups -OCH3 is 2. The van der Waals surface area contributed by atoms with Crippen LogP contribution in [0.4, 0.5) is 0 Å². The lowest BCUT2D eigenvalue weighted by atomic mass is 9.88. The van der Waals surface area contributed by atoms with Gasteiger partial charge in [0.25, 0.3) is 0 Å². The lowest BCUT2D eigenvalue weighted by Gasteiger charge is -2.25. The summed E-state index contributed by atoms with van der Waals surface area (Å²) in [5, 5.41) is 0. The molecule has 1 aromatic rings. The standard InChI is InChI=1S/C15H23BrO2/c1-15(2,3)14(16)9-6-11-10-12(17-4)7-8-13(11)18-5/h7-8,10,14H,6,9H2,1-5H3. The fraction of sp³-hybridized carbons (Fsp3) is 0.600. The van der Waals surface area contributed by atoms with Gasteiger partial charge in [0.1, 0.15) is 11.5 Å². The second kappa shape index (κ2) is 6.46. The third-order valence-corrected chi connectivity index (χ3v) is 4.93. The van der Waals surface area contributed by atoms with Crippen molar-refractivity contribution in [3.05, 3.63) is 23.8 Å². The average molecular weight is 315 g/mol. The molecule has 0 amide bonds. The van der Waals surface area contributed by atoms with Gasteiger partial charge in [-0.3, -0.25) is 0 Å². The molecule has 0 radical (unpaired) electrons. The van der Waals surface area contributed by atoms with E-state index in [1.165, 1.54) is 5.56 Å². The maximum Gasteiger partial charge on any atom is 0.122 e. The largest absolute Gasteiger partial charge is 0.497 e. The molecule has 1 atom stereocenters. The molecule has 0 saturated carbocycles. The van der Waals surface area contributed by atoms with Gasteiger partial charge >= 0.3 is 0 Å². The van der Waals surface area contributed by atoms with Crippen molar-refractivity contribution in [2.24, 2.45) is 5.41 Å². The van der Waals surface area contributed by atoms with Crippen molar-refractivity contribution in [1.29, 1.82) is 0 Å². The Hall–Kier alpha value is -0.700. The van der Waals surface area contributed by atoms with E-state index in [1.54, 1.807) is 14.2 Å². The molecule has 0 aliphatic carbocycles. The van der Waals surface area contributed by atoms with E-state index in [0.29, 0.717) is 4.83 Å². The van der Waals surface area contributed by atoms with Crippen LogP contribution in [0.3, 0.4) is 0 Å². The molecule has 2 nitrogen and oxygen atoms in total. The van der Waals surface area contributed by atoms with Gasteiger partial charge < -0.3 is 9.47 Å². The van der Waals surface area contributed by atoms with Gasteiger partial charge in [-0.2, -0.15) is 0 Å². The molecule has 0 aliphatic rings. The molecule has 0 fully saturated rings. The van der Waals surface area contributed by atoms with Crippen LogP contribution in [-0.4, -0.2) is 19.0 Å². The van der Waals surface area contributed by atoms with Crippen molar-refractivity contribution in [1.82, 2.24) is 0 Å². The highest BCUT2D eigenvalue weighted by atomic mass is 79.9. The van der Waals surface area contributed by atoms with E-state index in [9.17, 15) is 0 Å². The van der Waals surface area contributed by atoms with E-state index in [1.807, 2.05) is 12.1 Å². The van der Waals surface area contributed by atoms with Crippen molar-refractivity contribution in [2.75, 3.05) is 14.2 Å². The highest BCUT2D eigenvalue weighted by Gasteiger charge is 2.21. The SMILES string of the molecule is COc1ccc(OC)c(CCC(Br)C(C)(C)C)c1. The van der Waals surface area contributed by atoms with Crippen LogP contribution in [-0.2, 0) is 6.42 Å². The van der Waals surface area contributed by atoms with Crippen LogP contribution in [0, 0.1) is 5.41 Å². The number of halogens is 1. The molecule has 1 aromatic carbocycles. The Morgan fingerprint density at radius 2 is 1.83 bits per heavy atom. The smallest absolute Gasteiger partial charge is 0.122 e. The minimum atomic E-state index is 0.270. The van der Waals surface area contributed by atoms with Gasteiger partial charge in [0.15, 0.2) is 0 Å². The predicted molar refractivity (Wildman–Crippen MR) is 80.0 cm³/mol. The summed E-state index contributed by atoms with van der Waals surface area (Å²) in [4.78, 5) is 0.487. The summed E-state index contributed by atoms with van der Waals surface area (Å²) in [5.74, 6) is 1.82. The molecular formula is C15H23BrO2. The normalized spacial score (nSPS) is 13.2. The number of hydrogen-bond acceptors (Lipinski definition) is 2. The Morgan fingerprint density at radius 3 is 2.33 bits per heavy atom. The number of rotatable bonds is 5. The van der Waals surface area contributed by atoms with E-state index in [-0.39, 0.29) is 5.41 Å². The number of alkyl halides is 1. The Labute approximate surface area is 119 Å². The van der Waals surface area contributed by atoms with Crippen LogP contribution < -0.4 is 9.47 Å². The minimum absolute atomic E-state index is 0.270. The summed E-state index contributed by atoms with van der Waals surface area (Å²) in [6.45, 7) is 6.74. The maximum atomic E-state index is 5.39. The molecule has 0 aliphatic heterocycles. The second-order valence-corrected chi connectivity index (χ2v) is 6.66. The molecule has 0 aromatic heterocycles. The average Bonchev–Trinajstić information content (AvgIpc) is 2.34. The van der Waals surface area contributed by atoms with Crippen molar-refractivity contribution >= 4 is 15.9 Å². The topological polar surface area (TPSA) is 18.5 Å². The van der Waals surface area contributed by atoms with Gasteiger partial charge in [-0.1, -0.05) is 36.7 Å². The summed E-state index contributed by atoms with van der Waals surface area (Å²) in [6.07, 6.45) is 2.06. The molecule has 3 heteroatoms. The lowest BCUT2D eigenvalue weighted by Crippen LogP contribution is -2.20. The summed E-state index contributed by atoms with van der Waals surface area (Å²) < 4.78 is 10.7. The zero-order valence-corrected chi connectivity index (χ0v) is 13.5. The maximum absolute atomic E-state index is 5.39. The molecule has 0 bridgehead atoms. The number of aryl methyl sites for hydroxylation is 1. The van der Waals surface area contributed by atoms with Crippen LogP contribution in [0.2, 0.25) is 0 Å². The van der Waals surface area contributed by atoms with Gasteiger partial charge in [-0.05, 0) is 42.0 Å². The Morgan fingerprint density at radius 1 is 1.17 bits per heavy atom. The molecule has 0 heterocycles. The molecule has 0 N–H and O–H groups in total. The van der Waals surface area contributed by atoms with Crippen LogP contribution in [0.5, 0.6) is 11.5 Å². The molecule has 0 saturated heterocycles. The summed E-state index contributed by atoms with van der Waals surface area (Å²) in [5.41, 5.74) is 1.47. The first-order valence-electron chi connectivity index (χ1n) is 6.23. The Kier molecular flexibility index (Phi) is 5.51. The van der Waals surface area contributed by atoms with Crippen molar-refractivity contribution in [3.8, 4) is 11.5 Å². The zero-order valence-electron chi connectivity index (χ0n) is 11.9.